The Morgan fingerprint density at radius 3 is 2.54 bits per heavy atom. The van der Waals surface area contributed by atoms with Crippen molar-refractivity contribution in [1.29, 1.82) is 0 Å². The van der Waals surface area contributed by atoms with Crippen molar-refractivity contribution in [2.75, 3.05) is 18.0 Å². The largest absolute Gasteiger partial charge is 0.372 e. The molecule has 2 heterocycles. The summed E-state index contributed by atoms with van der Waals surface area (Å²) in [5.41, 5.74) is 1.13. The van der Waals surface area contributed by atoms with Gasteiger partial charge >= 0.3 is 0 Å². The third-order valence-electron chi connectivity index (χ3n) is 4.47. The van der Waals surface area contributed by atoms with Crippen molar-refractivity contribution < 1.29 is 9.13 Å². The zero-order chi connectivity index (χ0) is 18.3. The summed E-state index contributed by atoms with van der Waals surface area (Å²) in [6, 6.07) is 12.1. The molecule has 0 aliphatic carbocycles. The van der Waals surface area contributed by atoms with E-state index in [2.05, 4.69) is 9.88 Å². The maximum absolute atomic E-state index is 14.3. The summed E-state index contributed by atoms with van der Waals surface area (Å²) < 4.78 is 20.1. The van der Waals surface area contributed by atoms with Gasteiger partial charge in [0.15, 0.2) is 5.82 Å². The molecule has 0 spiro atoms. The summed E-state index contributed by atoms with van der Waals surface area (Å²) >= 11 is 6.21. The molecule has 2 atom stereocenters. The van der Waals surface area contributed by atoms with Crippen LogP contribution in [-0.4, -0.2) is 35.3 Å². The minimum Gasteiger partial charge on any atom is -0.372 e. The predicted octanol–water partition coefficient (Wildman–Crippen LogP) is 4.70. The number of fused-ring (bicyclic) bond motifs is 1. The average Bonchev–Trinajstić information content (AvgIpc) is 2.60. The normalized spacial score (nSPS) is 20.5. The first kappa shape index (κ1) is 17.2. The van der Waals surface area contributed by atoms with E-state index in [9.17, 15) is 4.39 Å². The van der Waals surface area contributed by atoms with E-state index in [0.29, 0.717) is 29.5 Å². The highest BCUT2D eigenvalue weighted by Crippen LogP contribution is 2.32. The Kier molecular flexibility index (Phi) is 4.51. The molecule has 2 unspecified atom stereocenters. The van der Waals surface area contributed by atoms with E-state index in [1.807, 2.05) is 26.0 Å². The van der Waals surface area contributed by atoms with Crippen molar-refractivity contribution in [1.82, 2.24) is 9.97 Å². The van der Waals surface area contributed by atoms with E-state index in [1.54, 1.807) is 24.3 Å². The average molecular weight is 372 g/mol. The quantitative estimate of drug-likeness (QED) is 0.654. The number of anilines is 1. The minimum absolute atomic E-state index is 0.0832. The monoisotopic (exact) mass is 371 g/mol. The van der Waals surface area contributed by atoms with Gasteiger partial charge in [-0.1, -0.05) is 23.7 Å². The number of halogens is 2. The molecule has 0 N–H and O–H groups in total. The third kappa shape index (κ3) is 3.24. The lowest BCUT2D eigenvalue weighted by Gasteiger charge is -2.36. The van der Waals surface area contributed by atoms with Crippen LogP contribution in [0.4, 0.5) is 10.2 Å². The number of benzene rings is 2. The first-order valence-corrected chi connectivity index (χ1v) is 9.01. The Balaban J connectivity index is 1.92. The van der Waals surface area contributed by atoms with Crippen LogP contribution in [0.1, 0.15) is 13.8 Å². The van der Waals surface area contributed by atoms with Crippen LogP contribution in [0.2, 0.25) is 5.02 Å². The molecule has 1 aliphatic heterocycles. The van der Waals surface area contributed by atoms with Crippen LogP contribution in [0, 0.1) is 5.82 Å². The van der Waals surface area contributed by atoms with Crippen LogP contribution >= 0.6 is 11.6 Å². The van der Waals surface area contributed by atoms with Gasteiger partial charge in [0.25, 0.3) is 0 Å². The number of hydrogen-bond donors (Lipinski definition) is 0. The van der Waals surface area contributed by atoms with Crippen molar-refractivity contribution in [2.24, 2.45) is 0 Å². The fraction of sp³-hybridized carbons (Fsp3) is 0.300. The van der Waals surface area contributed by atoms with E-state index in [-0.39, 0.29) is 18.0 Å². The first-order chi connectivity index (χ1) is 12.5. The van der Waals surface area contributed by atoms with Gasteiger partial charge in [-0.05, 0) is 44.2 Å². The maximum Gasteiger partial charge on any atom is 0.165 e. The molecule has 6 heteroatoms. The van der Waals surface area contributed by atoms with Crippen LogP contribution in [0.25, 0.3) is 22.3 Å². The molecule has 3 aromatic rings. The summed E-state index contributed by atoms with van der Waals surface area (Å²) in [6.07, 6.45) is 0.166. The summed E-state index contributed by atoms with van der Waals surface area (Å²) in [5.74, 6) is 0.799. The summed E-state index contributed by atoms with van der Waals surface area (Å²) in [7, 11) is 0. The number of hydrogen-bond acceptors (Lipinski definition) is 4. The molecule has 4 nitrogen and oxygen atoms in total. The van der Waals surface area contributed by atoms with Crippen LogP contribution in [0.5, 0.6) is 0 Å². The van der Waals surface area contributed by atoms with E-state index in [4.69, 9.17) is 21.3 Å². The van der Waals surface area contributed by atoms with Crippen molar-refractivity contribution in [3.05, 3.63) is 53.3 Å². The molecule has 0 amide bonds. The summed E-state index contributed by atoms with van der Waals surface area (Å²) in [5, 5.41) is 1.48. The lowest BCUT2D eigenvalue weighted by Crippen LogP contribution is -2.46. The third-order valence-corrected chi connectivity index (χ3v) is 4.71. The standard InChI is InChI=1S/C20H19ClFN3O/c1-12-10-25(11-13(2)26-12)20-16-9-14(21)7-8-18(16)23-19(24-20)15-5-3-4-6-17(15)22/h3-9,12-13H,10-11H2,1-2H3. The topological polar surface area (TPSA) is 38.2 Å². The van der Waals surface area contributed by atoms with Gasteiger partial charge in [0.1, 0.15) is 11.6 Å². The summed E-state index contributed by atoms with van der Waals surface area (Å²) in [4.78, 5) is 11.5. The van der Waals surface area contributed by atoms with Gasteiger partial charge in [0.05, 0.1) is 23.3 Å². The van der Waals surface area contributed by atoms with Gasteiger partial charge in [-0.2, -0.15) is 0 Å². The zero-order valence-electron chi connectivity index (χ0n) is 14.6. The smallest absolute Gasteiger partial charge is 0.165 e. The van der Waals surface area contributed by atoms with Gasteiger partial charge in [0, 0.05) is 23.5 Å². The lowest BCUT2D eigenvalue weighted by atomic mass is 10.1. The molecule has 0 bridgehead atoms. The molecule has 0 radical (unpaired) electrons. The highest BCUT2D eigenvalue weighted by atomic mass is 35.5. The van der Waals surface area contributed by atoms with Crippen molar-refractivity contribution in [3.8, 4) is 11.4 Å². The van der Waals surface area contributed by atoms with E-state index >= 15 is 0 Å². The molecule has 0 saturated carbocycles. The van der Waals surface area contributed by atoms with Crippen molar-refractivity contribution >= 4 is 28.3 Å². The first-order valence-electron chi connectivity index (χ1n) is 8.64. The van der Waals surface area contributed by atoms with E-state index in [0.717, 1.165) is 16.7 Å². The van der Waals surface area contributed by atoms with Gasteiger partial charge in [0.2, 0.25) is 0 Å². The highest BCUT2D eigenvalue weighted by molar-refractivity contribution is 6.31. The number of aromatic nitrogens is 2. The SMILES string of the molecule is CC1CN(c2nc(-c3ccccc3F)nc3ccc(Cl)cc23)CC(C)O1. The second-order valence-electron chi connectivity index (χ2n) is 6.67. The van der Waals surface area contributed by atoms with Gasteiger partial charge < -0.3 is 9.64 Å². The Morgan fingerprint density at radius 2 is 1.81 bits per heavy atom. The maximum atomic E-state index is 14.3. The molecule has 1 aromatic heterocycles. The van der Waals surface area contributed by atoms with Crippen molar-refractivity contribution in [3.63, 3.8) is 0 Å². The lowest BCUT2D eigenvalue weighted by molar-refractivity contribution is -0.00536. The fourth-order valence-electron chi connectivity index (χ4n) is 3.44. The van der Waals surface area contributed by atoms with Crippen LogP contribution < -0.4 is 4.90 Å². The fourth-order valence-corrected chi connectivity index (χ4v) is 3.61. The van der Waals surface area contributed by atoms with Gasteiger partial charge in [-0.15, -0.1) is 0 Å². The molecule has 1 saturated heterocycles. The van der Waals surface area contributed by atoms with Crippen LogP contribution in [0.15, 0.2) is 42.5 Å². The molecule has 4 rings (SSSR count). The van der Waals surface area contributed by atoms with Gasteiger partial charge in [-0.25, -0.2) is 14.4 Å². The second kappa shape index (κ2) is 6.82. The molecular weight excluding hydrogens is 353 g/mol. The van der Waals surface area contributed by atoms with E-state index in [1.165, 1.54) is 6.07 Å². The number of morpholine rings is 1. The highest BCUT2D eigenvalue weighted by Gasteiger charge is 2.25. The molecule has 1 aliphatic rings. The number of rotatable bonds is 2. The molecule has 26 heavy (non-hydrogen) atoms. The minimum atomic E-state index is -0.338. The Bertz CT molecular complexity index is 955. The Morgan fingerprint density at radius 1 is 1.08 bits per heavy atom. The molecule has 1 fully saturated rings. The zero-order valence-corrected chi connectivity index (χ0v) is 15.4. The number of nitrogens with zero attached hydrogens (tertiary/aromatic N) is 3. The second-order valence-corrected chi connectivity index (χ2v) is 7.11. The van der Waals surface area contributed by atoms with Gasteiger partial charge in [-0.3, -0.25) is 0 Å². The predicted molar refractivity (Wildman–Crippen MR) is 102 cm³/mol. The Hall–Kier alpha value is -2.24. The van der Waals surface area contributed by atoms with Crippen LogP contribution in [0.3, 0.4) is 0 Å². The number of ether oxygens (including phenoxy) is 1. The van der Waals surface area contributed by atoms with Crippen molar-refractivity contribution in [2.45, 2.75) is 26.1 Å². The molecular formula is C20H19ClFN3O. The van der Waals surface area contributed by atoms with E-state index < -0.39 is 0 Å². The van der Waals surface area contributed by atoms with Crippen LogP contribution in [-0.2, 0) is 4.74 Å². The molecule has 134 valence electrons. The Labute approximate surface area is 156 Å². The molecule has 2 aromatic carbocycles. The summed E-state index contributed by atoms with van der Waals surface area (Å²) in [6.45, 7) is 5.49.